The summed E-state index contributed by atoms with van der Waals surface area (Å²) in [6, 6.07) is 13.3. The summed E-state index contributed by atoms with van der Waals surface area (Å²) >= 11 is 0. The van der Waals surface area contributed by atoms with Gasteiger partial charge < -0.3 is 20.1 Å². The van der Waals surface area contributed by atoms with Gasteiger partial charge in [-0.1, -0.05) is 31.2 Å². The maximum Gasteiger partial charge on any atom is 0.238 e. The van der Waals surface area contributed by atoms with Crippen LogP contribution in [0, 0.1) is 0 Å². The average molecular weight is 383 g/mol. The van der Waals surface area contributed by atoms with E-state index in [1.54, 1.807) is 11.9 Å². The molecule has 1 aliphatic heterocycles. The molecule has 3 rings (SSSR count). The number of nitrogens with one attached hydrogen (secondary N) is 2. The quantitative estimate of drug-likeness (QED) is 0.730. The third-order valence-electron chi connectivity index (χ3n) is 4.43. The van der Waals surface area contributed by atoms with Crippen LogP contribution in [0.2, 0.25) is 0 Å². The van der Waals surface area contributed by atoms with Gasteiger partial charge in [-0.15, -0.1) is 0 Å². The number of likely N-dealkylation sites (N-methyl/N-ethyl adjacent to an activating group) is 1. The summed E-state index contributed by atoms with van der Waals surface area (Å²) in [6.07, 6.45) is 0.842. The molecule has 28 heavy (non-hydrogen) atoms. The Bertz CT molecular complexity index is 853. The molecule has 0 aliphatic carbocycles. The van der Waals surface area contributed by atoms with Gasteiger partial charge in [0.25, 0.3) is 0 Å². The van der Waals surface area contributed by atoms with Crippen molar-refractivity contribution >= 4 is 17.5 Å². The summed E-state index contributed by atoms with van der Waals surface area (Å²) in [5.74, 6) is 1.10. The molecule has 2 N–H and O–H groups in total. The van der Waals surface area contributed by atoms with E-state index in [1.165, 1.54) is 0 Å². The number of hydrogen-bond acceptors (Lipinski definition) is 5. The molecule has 2 aromatic rings. The van der Waals surface area contributed by atoms with Crippen molar-refractivity contribution in [2.24, 2.45) is 0 Å². The van der Waals surface area contributed by atoms with Gasteiger partial charge >= 0.3 is 0 Å². The highest BCUT2D eigenvalue weighted by Gasteiger charge is 2.15. The zero-order valence-electron chi connectivity index (χ0n) is 16.2. The average Bonchev–Trinajstić information content (AvgIpc) is 3.14. The summed E-state index contributed by atoms with van der Waals surface area (Å²) in [4.78, 5) is 26.1. The highest BCUT2D eigenvalue weighted by Crippen LogP contribution is 2.32. The Morgan fingerprint density at radius 2 is 1.79 bits per heavy atom. The lowest BCUT2D eigenvalue weighted by Gasteiger charge is -2.17. The van der Waals surface area contributed by atoms with Crippen LogP contribution in [0.1, 0.15) is 18.1 Å². The SMILES string of the molecule is CCc1ccccc1NC(=O)CN(C)CC(=O)NCc1ccc2c(c1)OCO2. The molecule has 0 saturated heterocycles. The Balaban J connectivity index is 1.43. The van der Waals surface area contributed by atoms with E-state index in [0.717, 1.165) is 23.2 Å². The first kappa shape index (κ1) is 19.7. The molecule has 1 heterocycles. The van der Waals surface area contributed by atoms with Gasteiger partial charge in [-0.3, -0.25) is 14.5 Å². The van der Waals surface area contributed by atoms with Gasteiger partial charge in [0.2, 0.25) is 18.6 Å². The Labute approximate surface area is 164 Å². The zero-order valence-corrected chi connectivity index (χ0v) is 16.2. The summed E-state index contributed by atoms with van der Waals surface area (Å²) in [5.41, 5.74) is 2.82. The molecule has 7 heteroatoms. The van der Waals surface area contributed by atoms with Crippen LogP contribution in [0.3, 0.4) is 0 Å². The smallest absolute Gasteiger partial charge is 0.238 e. The van der Waals surface area contributed by atoms with Crippen LogP contribution in [0.25, 0.3) is 0 Å². The summed E-state index contributed by atoms with van der Waals surface area (Å²) in [6.45, 7) is 2.92. The lowest BCUT2D eigenvalue weighted by atomic mass is 10.1. The second-order valence-corrected chi connectivity index (χ2v) is 6.70. The first-order valence-corrected chi connectivity index (χ1v) is 9.26. The molecule has 0 radical (unpaired) electrons. The minimum absolute atomic E-state index is 0.132. The lowest BCUT2D eigenvalue weighted by molar-refractivity contribution is -0.123. The van der Waals surface area contributed by atoms with Crippen molar-refractivity contribution in [3.8, 4) is 11.5 Å². The predicted molar refractivity (Wildman–Crippen MR) is 106 cm³/mol. The van der Waals surface area contributed by atoms with E-state index < -0.39 is 0 Å². The topological polar surface area (TPSA) is 79.9 Å². The van der Waals surface area contributed by atoms with E-state index in [4.69, 9.17) is 9.47 Å². The molecule has 0 atom stereocenters. The Morgan fingerprint density at radius 1 is 1.04 bits per heavy atom. The van der Waals surface area contributed by atoms with Gasteiger partial charge in [0.15, 0.2) is 11.5 Å². The largest absolute Gasteiger partial charge is 0.454 e. The second kappa shape index (κ2) is 9.23. The second-order valence-electron chi connectivity index (χ2n) is 6.70. The Morgan fingerprint density at radius 3 is 2.61 bits per heavy atom. The van der Waals surface area contributed by atoms with E-state index in [9.17, 15) is 9.59 Å². The number of carbonyl (C=O) groups excluding carboxylic acids is 2. The number of hydrogen-bond donors (Lipinski definition) is 2. The maximum atomic E-state index is 12.3. The van der Waals surface area contributed by atoms with Crippen molar-refractivity contribution in [3.05, 3.63) is 53.6 Å². The normalized spacial score (nSPS) is 12.1. The molecule has 0 bridgehead atoms. The molecule has 1 aliphatic rings. The molecule has 0 unspecified atom stereocenters. The number of para-hydroxylation sites is 1. The summed E-state index contributed by atoms with van der Waals surface area (Å²) in [7, 11) is 1.74. The maximum absolute atomic E-state index is 12.3. The molecular formula is C21H25N3O4. The number of amides is 2. The monoisotopic (exact) mass is 383 g/mol. The molecule has 0 spiro atoms. The highest BCUT2D eigenvalue weighted by molar-refractivity contribution is 5.93. The van der Waals surface area contributed by atoms with Crippen molar-refractivity contribution in [2.75, 3.05) is 32.2 Å². The predicted octanol–water partition coefficient (Wildman–Crippen LogP) is 2.16. The van der Waals surface area contributed by atoms with E-state index in [0.29, 0.717) is 18.0 Å². The number of rotatable bonds is 8. The molecule has 7 nitrogen and oxygen atoms in total. The number of carbonyl (C=O) groups is 2. The fraction of sp³-hybridized carbons (Fsp3) is 0.333. The minimum atomic E-state index is -0.151. The van der Waals surface area contributed by atoms with Crippen LogP contribution in [0.5, 0.6) is 11.5 Å². The van der Waals surface area contributed by atoms with Crippen LogP contribution in [0.4, 0.5) is 5.69 Å². The molecule has 0 saturated carbocycles. The van der Waals surface area contributed by atoms with Crippen LogP contribution >= 0.6 is 0 Å². The van der Waals surface area contributed by atoms with Gasteiger partial charge in [-0.25, -0.2) is 0 Å². The van der Waals surface area contributed by atoms with Crippen molar-refractivity contribution in [1.82, 2.24) is 10.2 Å². The van der Waals surface area contributed by atoms with Gasteiger partial charge in [-0.05, 0) is 42.8 Å². The van der Waals surface area contributed by atoms with Gasteiger partial charge in [0, 0.05) is 12.2 Å². The van der Waals surface area contributed by atoms with Gasteiger partial charge in [-0.2, -0.15) is 0 Å². The fourth-order valence-corrected chi connectivity index (χ4v) is 2.99. The summed E-state index contributed by atoms with van der Waals surface area (Å²) < 4.78 is 10.6. The minimum Gasteiger partial charge on any atom is -0.454 e. The number of anilines is 1. The lowest BCUT2D eigenvalue weighted by Crippen LogP contribution is -2.38. The molecule has 2 amide bonds. The number of aryl methyl sites for hydroxylation is 1. The van der Waals surface area contributed by atoms with Crippen LogP contribution in [0.15, 0.2) is 42.5 Å². The number of nitrogens with zero attached hydrogens (tertiary/aromatic N) is 1. The number of fused-ring (bicyclic) bond motifs is 1. The van der Waals surface area contributed by atoms with Crippen LogP contribution < -0.4 is 20.1 Å². The van der Waals surface area contributed by atoms with Crippen molar-refractivity contribution < 1.29 is 19.1 Å². The van der Waals surface area contributed by atoms with Crippen molar-refractivity contribution in [2.45, 2.75) is 19.9 Å². The Kier molecular flexibility index (Phi) is 6.49. The molecule has 0 fully saturated rings. The third kappa shape index (κ3) is 5.23. The van der Waals surface area contributed by atoms with E-state index in [-0.39, 0.29) is 31.7 Å². The van der Waals surface area contributed by atoms with E-state index in [1.807, 2.05) is 49.4 Å². The zero-order chi connectivity index (χ0) is 19.9. The van der Waals surface area contributed by atoms with Gasteiger partial charge in [0.05, 0.1) is 13.1 Å². The molecular weight excluding hydrogens is 358 g/mol. The highest BCUT2D eigenvalue weighted by atomic mass is 16.7. The summed E-state index contributed by atoms with van der Waals surface area (Å²) in [5, 5.41) is 5.76. The van der Waals surface area contributed by atoms with Crippen molar-refractivity contribution in [1.29, 1.82) is 0 Å². The molecule has 2 aromatic carbocycles. The van der Waals surface area contributed by atoms with E-state index in [2.05, 4.69) is 10.6 Å². The van der Waals surface area contributed by atoms with Crippen molar-refractivity contribution in [3.63, 3.8) is 0 Å². The van der Waals surface area contributed by atoms with Crippen LogP contribution in [-0.4, -0.2) is 43.6 Å². The third-order valence-corrected chi connectivity index (χ3v) is 4.43. The van der Waals surface area contributed by atoms with Gasteiger partial charge in [0.1, 0.15) is 0 Å². The fourth-order valence-electron chi connectivity index (χ4n) is 2.99. The van der Waals surface area contributed by atoms with E-state index >= 15 is 0 Å². The molecule has 148 valence electrons. The molecule has 0 aromatic heterocycles. The first-order chi connectivity index (χ1) is 13.5. The van der Waals surface area contributed by atoms with Crippen LogP contribution in [-0.2, 0) is 22.6 Å². The first-order valence-electron chi connectivity index (χ1n) is 9.26. The number of ether oxygens (including phenoxy) is 2. The standard InChI is InChI=1S/C21H25N3O4/c1-3-16-6-4-5-7-17(16)23-21(26)13-24(2)12-20(25)22-11-15-8-9-18-19(10-15)28-14-27-18/h4-10H,3,11-14H2,1-2H3,(H,22,25)(H,23,26). The Hall–Kier alpha value is -3.06. The number of benzene rings is 2.